The molecule has 0 bridgehead atoms. The maximum atomic E-state index is 12.3. The second kappa shape index (κ2) is 10.9. The van der Waals surface area contributed by atoms with Gasteiger partial charge in [0.25, 0.3) is 0 Å². The van der Waals surface area contributed by atoms with Crippen molar-refractivity contribution in [1.82, 2.24) is 4.72 Å². The predicted molar refractivity (Wildman–Crippen MR) is 107 cm³/mol. The molecule has 1 unspecified atom stereocenters. The summed E-state index contributed by atoms with van der Waals surface area (Å²) in [6.45, 7) is 2.54. The highest BCUT2D eigenvalue weighted by atomic mass is 35.5. The van der Waals surface area contributed by atoms with E-state index in [4.69, 9.17) is 5.73 Å². The number of nitrogens with one attached hydrogen (secondary N) is 2. The first-order valence-corrected chi connectivity index (χ1v) is 10.5. The lowest BCUT2D eigenvalue weighted by Gasteiger charge is -2.27. The van der Waals surface area contributed by atoms with Crippen molar-refractivity contribution in [3.05, 3.63) is 24.3 Å². The lowest BCUT2D eigenvalue weighted by Crippen LogP contribution is -2.29. The van der Waals surface area contributed by atoms with Gasteiger partial charge < -0.3 is 11.1 Å². The first kappa shape index (κ1) is 22.9. The molecule has 1 aliphatic carbocycles. The van der Waals surface area contributed by atoms with E-state index < -0.39 is 10.0 Å². The van der Waals surface area contributed by atoms with Gasteiger partial charge >= 0.3 is 0 Å². The number of halogens is 1. The highest BCUT2D eigenvalue weighted by molar-refractivity contribution is 7.89. The van der Waals surface area contributed by atoms with Gasteiger partial charge in [-0.25, -0.2) is 13.1 Å². The first-order valence-electron chi connectivity index (χ1n) is 9.02. The number of rotatable bonds is 8. The molecule has 2 rings (SSSR count). The van der Waals surface area contributed by atoms with E-state index in [0.717, 1.165) is 0 Å². The highest BCUT2D eigenvalue weighted by Crippen LogP contribution is 2.31. The van der Waals surface area contributed by atoms with Gasteiger partial charge in [-0.15, -0.1) is 12.4 Å². The van der Waals surface area contributed by atoms with Crippen LogP contribution in [0.4, 0.5) is 5.69 Å². The smallest absolute Gasteiger partial charge is 0.240 e. The molecule has 0 radical (unpaired) electrons. The minimum atomic E-state index is -3.60. The number of carbonyl (C=O) groups is 1. The topological polar surface area (TPSA) is 101 Å². The summed E-state index contributed by atoms with van der Waals surface area (Å²) in [5.41, 5.74) is 5.83. The normalized spacial score (nSPS) is 16.5. The molecule has 1 saturated carbocycles. The molecule has 1 amide bonds. The third-order valence-electron chi connectivity index (χ3n) is 4.83. The van der Waals surface area contributed by atoms with Crippen molar-refractivity contribution in [3.8, 4) is 0 Å². The molecule has 0 saturated heterocycles. The minimum absolute atomic E-state index is 0. The quantitative estimate of drug-likeness (QED) is 0.621. The molecule has 1 atom stereocenters. The molecule has 148 valence electrons. The Labute approximate surface area is 162 Å². The summed E-state index contributed by atoms with van der Waals surface area (Å²) in [6, 6.07) is 6.30. The SMILES string of the molecule is CC(CC(=O)Nc1cccc(S(=O)(=O)NCCN)c1)C1CCCCC1.Cl. The van der Waals surface area contributed by atoms with E-state index in [1.807, 2.05) is 0 Å². The molecule has 8 heteroatoms. The third kappa shape index (κ3) is 6.87. The standard InChI is InChI=1S/C18H29N3O3S.ClH/c1-14(15-6-3-2-4-7-15)12-18(22)21-16-8-5-9-17(13-16)25(23,24)20-11-10-19;/h5,8-9,13-15,20H,2-4,6-7,10-12,19H2,1H3,(H,21,22);1H. The molecule has 1 aromatic rings. The van der Waals surface area contributed by atoms with Gasteiger partial charge in [-0.2, -0.15) is 0 Å². The van der Waals surface area contributed by atoms with E-state index in [9.17, 15) is 13.2 Å². The Morgan fingerprint density at radius 2 is 1.96 bits per heavy atom. The number of carbonyl (C=O) groups excluding carboxylic acids is 1. The Balaban J connectivity index is 0.00000338. The van der Waals surface area contributed by atoms with Crippen LogP contribution in [0.2, 0.25) is 0 Å². The average Bonchev–Trinajstić information content (AvgIpc) is 2.61. The molecule has 1 aliphatic rings. The van der Waals surface area contributed by atoms with E-state index in [1.54, 1.807) is 12.1 Å². The van der Waals surface area contributed by atoms with Gasteiger partial charge in [0, 0.05) is 25.2 Å². The molecule has 4 N–H and O–H groups in total. The molecule has 1 fully saturated rings. The number of hydrogen-bond acceptors (Lipinski definition) is 4. The number of benzene rings is 1. The Hall–Kier alpha value is -1.15. The number of hydrogen-bond donors (Lipinski definition) is 3. The molecule has 6 nitrogen and oxygen atoms in total. The summed E-state index contributed by atoms with van der Waals surface area (Å²) >= 11 is 0. The van der Waals surface area contributed by atoms with Crippen LogP contribution in [-0.4, -0.2) is 27.4 Å². The van der Waals surface area contributed by atoms with E-state index in [-0.39, 0.29) is 36.3 Å². The average molecular weight is 404 g/mol. The van der Waals surface area contributed by atoms with Crippen molar-refractivity contribution in [2.75, 3.05) is 18.4 Å². The van der Waals surface area contributed by atoms with Crippen molar-refractivity contribution in [2.45, 2.75) is 50.3 Å². The number of anilines is 1. The zero-order valence-corrected chi connectivity index (χ0v) is 16.9. The van der Waals surface area contributed by atoms with Gasteiger partial charge in [0.2, 0.25) is 15.9 Å². The highest BCUT2D eigenvalue weighted by Gasteiger charge is 2.22. The molecule has 0 aliphatic heterocycles. The molecule has 0 spiro atoms. The largest absolute Gasteiger partial charge is 0.329 e. The summed E-state index contributed by atoms with van der Waals surface area (Å²) in [5.74, 6) is 0.896. The van der Waals surface area contributed by atoms with Crippen LogP contribution in [0.1, 0.15) is 45.4 Å². The summed E-state index contributed by atoms with van der Waals surface area (Å²) in [4.78, 5) is 12.4. The van der Waals surface area contributed by atoms with Gasteiger partial charge in [0.15, 0.2) is 0 Å². The van der Waals surface area contributed by atoms with Crippen LogP contribution in [0.3, 0.4) is 0 Å². The Bertz CT molecular complexity index is 676. The summed E-state index contributed by atoms with van der Waals surface area (Å²) in [5, 5.41) is 2.82. The van der Waals surface area contributed by atoms with Gasteiger partial charge in [0.1, 0.15) is 0 Å². The van der Waals surface area contributed by atoms with Gasteiger partial charge in [0.05, 0.1) is 4.90 Å². The molecule has 0 aromatic heterocycles. The second-order valence-corrected chi connectivity index (χ2v) is 8.61. The second-order valence-electron chi connectivity index (χ2n) is 6.84. The van der Waals surface area contributed by atoms with Crippen molar-refractivity contribution in [2.24, 2.45) is 17.6 Å². The lowest BCUT2D eigenvalue weighted by molar-refractivity contribution is -0.117. The van der Waals surface area contributed by atoms with Crippen LogP contribution >= 0.6 is 12.4 Å². The van der Waals surface area contributed by atoms with Crippen LogP contribution < -0.4 is 15.8 Å². The third-order valence-corrected chi connectivity index (χ3v) is 6.29. The summed E-state index contributed by atoms with van der Waals surface area (Å²) < 4.78 is 26.7. The predicted octanol–water partition coefficient (Wildman–Crippen LogP) is 2.89. The number of sulfonamides is 1. The van der Waals surface area contributed by atoms with E-state index in [2.05, 4.69) is 17.0 Å². The zero-order valence-electron chi connectivity index (χ0n) is 15.2. The Morgan fingerprint density at radius 3 is 2.62 bits per heavy atom. The van der Waals surface area contributed by atoms with Crippen molar-refractivity contribution in [3.63, 3.8) is 0 Å². The van der Waals surface area contributed by atoms with Crippen molar-refractivity contribution < 1.29 is 13.2 Å². The molecular formula is C18H30ClN3O3S. The Kier molecular flexibility index (Phi) is 9.57. The van der Waals surface area contributed by atoms with E-state index >= 15 is 0 Å². The molecule has 0 heterocycles. The van der Waals surface area contributed by atoms with Gasteiger partial charge in [-0.3, -0.25) is 4.79 Å². The van der Waals surface area contributed by atoms with Crippen LogP contribution in [-0.2, 0) is 14.8 Å². The summed E-state index contributed by atoms with van der Waals surface area (Å²) in [6.07, 6.45) is 6.69. The van der Waals surface area contributed by atoms with Gasteiger partial charge in [-0.05, 0) is 30.0 Å². The monoisotopic (exact) mass is 403 g/mol. The van der Waals surface area contributed by atoms with E-state index in [0.29, 0.717) is 23.9 Å². The fourth-order valence-corrected chi connectivity index (χ4v) is 4.49. The van der Waals surface area contributed by atoms with E-state index in [1.165, 1.54) is 44.2 Å². The van der Waals surface area contributed by atoms with Crippen molar-refractivity contribution >= 4 is 34.0 Å². The maximum absolute atomic E-state index is 12.3. The van der Waals surface area contributed by atoms with Crippen LogP contribution in [0.5, 0.6) is 0 Å². The van der Waals surface area contributed by atoms with Crippen LogP contribution in [0, 0.1) is 11.8 Å². The van der Waals surface area contributed by atoms with Crippen molar-refractivity contribution in [1.29, 1.82) is 0 Å². The number of nitrogens with two attached hydrogens (primary N) is 1. The molecule has 26 heavy (non-hydrogen) atoms. The fraction of sp³-hybridized carbons (Fsp3) is 0.611. The molecular weight excluding hydrogens is 374 g/mol. The number of amides is 1. The fourth-order valence-electron chi connectivity index (χ4n) is 3.39. The maximum Gasteiger partial charge on any atom is 0.240 e. The minimum Gasteiger partial charge on any atom is -0.329 e. The lowest BCUT2D eigenvalue weighted by atomic mass is 9.79. The van der Waals surface area contributed by atoms with Gasteiger partial charge in [-0.1, -0.05) is 45.1 Å². The van der Waals surface area contributed by atoms with Crippen LogP contribution in [0.25, 0.3) is 0 Å². The summed E-state index contributed by atoms with van der Waals surface area (Å²) in [7, 11) is -3.60. The van der Waals surface area contributed by atoms with Crippen LogP contribution in [0.15, 0.2) is 29.2 Å². The zero-order chi connectivity index (χ0) is 18.3. The molecule has 1 aromatic carbocycles. The Morgan fingerprint density at radius 1 is 1.27 bits per heavy atom. The first-order chi connectivity index (χ1) is 11.9.